The topological polar surface area (TPSA) is 45.0 Å². The van der Waals surface area contributed by atoms with E-state index in [0.29, 0.717) is 24.1 Å². The highest BCUT2D eigenvalue weighted by atomic mass is 35.5. The number of fused-ring (bicyclic) bond motifs is 1. The van der Waals surface area contributed by atoms with E-state index in [-0.39, 0.29) is 17.2 Å². The van der Waals surface area contributed by atoms with Crippen LogP contribution in [0.4, 0.5) is 10.1 Å². The van der Waals surface area contributed by atoms with Gasteiger partial charge in [-0.1, -0.05) is 29.8 Å². The summed E-state index contributed by atoms with van der Waals surface area (Å²) < 4.78 is 15.7. The Morgan fingerprint density at radius 1 is 1.27 bits per heavy atom. The summed E-state index contributed by atoms with van der Waals surface area (Å²) >= 11 is 5.85. The second kappa shape index (κ2) is 7.48. The molecule has 0 amide bonds. The summed E-state index contributed by atoms with van der Waals surface area (Å²) in [4.78, 5) is 14.5. The van der Waals surface area contributed by atoms with Crippen LogP contribution < -0.4 is 10.5 Å². The van der Waals surface area contributed by atoms with Crippen LogP contribution in [-0.4, -0.2) is 29.7 Å². The minimum Gasteiger partial charge on any atom is -0.395 e. The molecule has 0 saturated heterocycles. The van der Waals surface area contributed by atoms with Gasteiger partial charge in [-0.15, -0.1) is 0 Å². The molecule has 0 unspecified atom stereocenters. The predicted octanol–water partition coefficient (Wildman–Crippen LogP) is 3.42. The van der Waals surface area contributed by atoms with Crippen LogP contribution in [0.25, 0.3) is 5.52 Å². The summed E-state index contributed by atoms with van der Waals surface area (Å²) in [5.41, 5.74) is 3.38. The predicted molar refractivity (Wildman–Crippen MR) is 103 cm³/mol. The van der Waals surface area contributed by atoms with Gasteiger partial charge in [-0.3, -0.25) is 9.20 Å². The molecule has 1 aromatic carbocycles. The summed E-state index contributed by atoms with van der Waals surface area (Å²) in [5, 5.41) is 9.28. The van der Waals surface area contributed by atoms with Crippen LogP contribution in [0.1, 0.15) is 16.7 Å². The van der Waals surface area contributed by atoms with Crippen LogP contribution in [0.2, 0.25) is 5.02 Å². The molecule has 0 atom stereocenters. The molecule has 0 spiro atoms. The Hall–Kier alpha value is -2.37. The summed E-state index contributed by atoms with van der Waals surface area (Å²) in [7, 11) is 1.87. The Kier molecular flexibility index (Phi) is 5.30. The van der Waals surface area contributed by atoms with E-state index in [2.05, 4.69) is 0 Å². The number of halogens is 2. The third kappa shape index (κ3) is 3.45. The third-order valence-corrected chi connectivity index (χ3v) is 4.75. The van der Waals surface area contributed by atoms with Crippen LogP contribution in [-0.2, 0) is 6.42 Å². The highest BCUT2D eigenvalue weighted by Crippen LogP contribution is 2.23. The van der Waals surface area contributed by atoms with E-state index >= 15 is 0 Å². The zero-order valence-corrected chi connectivity index (χ0v) is 15.4. The quantitative estimate of drug-likeness (QED) is 0.744. The normalized spacial score (nSPS) is 11.1. The van der Waals surface area contributed by atoms with E-state index in [1.807, 2.05) is 30.1 Å². The molecular formula is C20H20ClFN2O2. The number of hydrogen-bond acceptors (Lipinski definition) is 3. The van der Waals surface area contributed by atoms with Gasteiger partial charge in [0.1, 0.15) is 5.82 Å². The van der Waals surface area contributed by atoms with Crippen molar-refractivity contribution in [3.05, 3.63) is 80.5 Å². The van der Waals surface area contributed by atoms with E-state index in [1.165, 1.54) is 6.07 Å². The lowest BCUT2D eigenvalue weighted by Crippen LogP contribution is -2.25. The number of likely N-dealkylation sites (N-methyl/N-ethyl adjacent to an activating group) is 1. The van der Waals surface area contributed by atoms with Gasteiger partial charge in [0, 0.05) is 31.8 Å². The minimum absolute atomic E-state index is 0.0208. The first kappa shape index (κ1) is 18.4. The summed E-state index contributed by atoms with van der Waals surface area (Å²) in [5.74, 6) is -0.436. The molecule has 0 aliphatic carbocycles. The van der Waals surface area contributed by atoms with Gasteiger partial charge in [0.2, 0.25) is 0 Å². The number of aryl methyl sites for hydroxylation is 1. The second-order valence-electron chi connectivity index (χ2n) is 6.35. The van der Waals surface area contributed by atoms with Gasteiger partial charge >= 0.3 is 0 Å². The van der Waals surface area contributed by atoms with Gasteiger partial charge in [0.05, 0.1) is 22.8 Å². The molecule has 0 aliphatic rings. The second-order valence-corrected chi connectivity index (χ2v) is 6.75. The van der Waals surface area contributed by atoms with Gasteiger partial charge < -0.3 is 10.0 Å². The van der Waals surface area contributed by atoms with E-state index in [9.17, 15) is 14.3 Å². The number of aliphatic hydroxyl groups excluding tert-OH is 1. The average Bonchev–Trinajstić information content (AvgIpc) is 2.62. The van der Waals surface area contributed by atoms with Crippen LogP contribution in [0.3, 0.4) is 0 Å². The molecule has 136 valence electrons. The monoisotopic (exact) mass is 374 g/mol. The van der Waals surface area contributed by atoms with Crippen LogP contribution in [0.5, 0.6) is 0 Å². The molecule has 0 bridgehead atoms. The zero-order valence-electron chi connectivity index (χ0n) is 14.7. The van der Waals surface area contributed by atoms with Crippen molar-refractivity contribution < 1.29 is 9.50 Å². The average molecular weight is 375 g/mol. The van der Waals surface area contributed by atoms with Crippen molar-refractivity contribution in [3.8, 4) is 0 Å². The van der Waals surface area contributed by atoms with Gasteiger partial charge in [-0.2, -0.15) is 0 Å². The first-order valence-electron chi connectivity index (χ1n) is 8.32. The van der Waals surface area contributed by atoms with E-state index in [4.69, 9.17) is 11.6 Å². The van der Waals surface area contributed by atoms with Crippen LogP contribution in [0, 0.1) is 12.7 Å². The van der Waals surface area contributed by atoms with Crippen molar-refractivity contribution >= 4 is 22.8 Å². The smallest absolute Gasteiger partial charge is 0.258 e. The number of pyridine rings is 2. The number of aromatic nitrogens is 1. The Labute approximate surface area is 156 Å². The lowest BCUT2D eigenvalue weighted by Gasteiger charge is -2.21. The molecule has 2 aromatic heterocycles. The fraction of sp³-hybridized carbons (Fsp3) is 0.250. The van der Waals surface area contributed by atoms with E-state index in [0.717, 1.165) is 16.8 Å². The number of benzene rings is 1. The number of rotatable bonds is 5. The maximum atomic E-state index is 14.2. The van der Waals surface area contributed by atoms with Crippen molar-refractivity contribution in [2.24, 2.45) is 0 Å². The Bertz CT molecular complexity index is 1020. The standard InChI is InChI=1S/C20H20ClFN2O2/c1-13-10-18(23(2)8-9-25)17-7-6-14(12-24(17)20(13)26)11-15-4-3-5-16(21)19(15)22/h3-7,10,12,25H,8-9,11H2,1-2H3. The maximum absolute atomic E-state index is 14.2. The molecule has 4 nitrogen and oxygen atoms in total. The van der Waals surface area contributed by atoms with Crippen molar-refractivity contribution in [1.29, 1.82) is 0 Å². The van der Waals surface area contributed by atoms with Gasteiger partial charge in [0.25, 0.3) is 5.56 Å². The number of anilines is 1. The Morgan fingerprint density at radius 3 is 2.77 bits per heavy atom. The molecule has 6 heteroatoms. The molecule has 3 aromatic rings. The molecular weight excluding hydrogens is 355 g/mol. The third-order valence-electron chi connectivity index (χ3n) is 4.45. The zero-order chi connectivity index (χ0) is 18.8. The fourth-order valence-electron chi connectivity index (χ4n) is 3.04. The fourth-order valence-corrected chi connectivity index (χ4v) is 3.23. The summed E-state index contributed by atoms with van der Waals surface area (Å²) in [6.07, 6.45) is 2.08. The first-order chi connectivity index (χ1) is 12.4. The van der Waals surface area contributed by atoms with Gasteiger partial charge in [-0.25, -0.2) is 4.39 Å². The van der Waals surface area contributed by atoms with Crippen molar-refractivity contribution in [2.45, 2.75) is 13.3 Å². The maximum Gasteiger partial charge on any atom is 0.258 e. The number of aliphatic hydroxyl groups is 1. The molecule has 3 rings (SSSR count). The summed E-state index contributed by atoms with van der Waals surface area (Å²) in [6, 6.07) is 10.5. The summed E-state index contributed by atoms with van der Waals surface area (Å²) in [6.45, 7) is 2.24. The SMILES string of the molecule is Cc1cc(N(C)CCO)c2ccc(Cc3cccc(Cl)c3F)cn2c1=O. The van der Waals surface area contributed by atoms with E-state index < -0.39 is 5.82 Å². The van der Waals surface area contributed by atoms with Crippen molar-refractivity contribution in [2.75, 3.05) is 25.1 Å². The molecule has 2 heterocycles. The lowest BCUT2D eigenvalue weighted by molar-refractivity contribution is 0.304. The Balaban J connectivity index is 2.09. The minimum atomic E-state index is -0.436. The van der Waals surface area contributed by atoms with Crippen LogP contribution >= 0.6 is 11.6 Å². The first-order valence-corrected chi connectivity index (χ1v) is 8.70. The molecule has 0 aliphatic heterocycles. The van der Waals surface area contributed by atoms with Gasteiger partial charge in [0.15, 0.2) is 0 Å². The molecule has 1 N–H and O–H groups in total. The Morgan fingerprint density at radius 2 is 2.04 bits per heavy atom. The highest BCUT2D eigenvalue weighted by molar-refractivity contribution is 6.30. The van der Waals surface area contributed by atoms with Gasteiger partial charge in [-0.05, 0) is 36.2 Å². The van der Waals surface area contributed by atoms with Crippen molar-refractivity contribution in [1.82, 2.24) is 4.40 Å². The van der Waals surface area contributed by atoms with Crippen LogP contribution in [0.15, 0.2) is 47.4 Å². The molecule has 0 radical (unpaired) electrons. The van der Waals surface area contributed by atoms with Crippen molar-refractivity contribution in [3.63, 3.8) is 0 Å². The molecule has 0 fully saturated rings. The van der Waals surface area contributed by atoms with E-state index in [1.54, 1.807) is 29.7 Å². The molecule has 0 saturated carbocycles. The lowest BCUT2D eigenvalue weighted by atomic mass is 10.1. The number of nitrogens with zero attached hydrogens (tertiary/aromatic N) is 2. The highest BCUT2D eigenvalue weighted by Gasteiger charge is 2.12. The number of hydrogen-bond donors (Lipinski definition) is 1. The largest absolute Gasteiger partial charge is 0.395 e. The molecule has 26 heavy (non-hydrogen) atoms.